The van der Waals surface area contributed by atoms with Crippen LogP contribution in [0.5, 0.6) is 23.4 Å². The van der Waals surface area contributed by atoms with E-state index < -0.39 is 0 Å². The van der Waals surface area contributed by atoms with Crippen molar-refractivity contribution < 1.29 is 23.7 Å². The number of carbonyl (C=O) groups is 1. The maximum absolute atomic E-state index is 12.9. The number of rotatable bonds is 6. The molecule has 27 heavy (non-hydrogen) atoms. The molecule has 0 radical (unpaired) electrons. The molecule has 1 aliphatic rings. The second-order valence-electron chi connectivity index (χ2n) is 6.08. The molecule has 1 aromatic heterocycles. The Hall–Kier alpha value is -3.03. The van der Waals surface area contributed by atoms with Crippen LogP contribution < -0.4 is 18.9 Å². The number of benzene rings is 1. The monoisotopic (exact) mass is 373 g/mol. The quantitative estimate of drug-likeness (QED) is 0.767. The number of hydrogen-bond acceptors (Lipinski definition) is 7. The summed E-state index contributed by atoms with van der Waals surface area (Å²) in [4.78, 5) is 22.8. The van der Waals surface area contributed by atoms with Crippen LogP contribution in [0.15, 0.2) is 30.5 Å². The fraction of sp³-hybridized carbons (Fsp3) is 0.421. The molecule has 1 aliphatic heterocycles. The van der Waals surface area contributed by atoms with E-state index in [2.05, 4.69) is 9.97 Å². The van der Waals surface area contributed by atoms with Crippen LogP contribution in [0.4, 0.5) is 0 Å². The molecular weight excluding hydrogens is 350 g/mol. The molecule has 2 aromatic rings. The van der Waals surface area contributed by atoms with Crippen molar-refractivity contribution in [2.75, 3.05) is 34.4 Å². The van der Waals surface area contributed by atoms with Gasteiger partial charge in [-0.25, -0.2) is 4.98 Å². The van der Waals surface area contributed by atoms with Crippen molar-refractivity contribution in [1.82, 2.24) is 14.9 Å². The molecular formula is C19H23N3O5. The van der Waals surface area contributed by atoms with Gasteiger partial charge in [0, 0.05) is 24.4 Å². The van der Waals surface area contributed by atoms with Crippen LogP contribution in [0.25, 0.3) is 0 Å². The van der Waals surface area contributed by atoms with E-state index in [-0.39, 0.29) is 18.0 Å². The first-order valence-electron chi connectivity index (χ1n) is 8.69. The van der Waals surface area contributed by atoms with Crippen molar-refractivity contribution >= 4 is 5.91 Å². The van der Waals surface area contributed by atoms with Gasteiger partial charge in [0.25, 0.3) is 5.91 Å². The summed E-state index contributed by atoms with van der Waals surface area (Å²) in [7, 11) is 4.62. The van der Waals surface area contributed by atoms with E-state index in [9.17, 15) is 4.79 Å². The number of amides is 1. The number of hydrogen-bond donors (Lipinski definition) is 0. The van der Waals surface area contributed by atoms with Gasteiger partial charge in [-0.15, -0.1) is 0 Å². The maximum Gasteiger partial charge on any atom is 0.319 e. The molecule has 1 atom stereocenters. The van der Waals surface area contributed by atoms with E-state index >= 15 is 0 Å². The number of likely N-dealkylation sites (tertiary alicyclic amines) is 1. The lowest BCUT2D eigenvalue weighted by molar-refractivity contribution is 0.0525. The molecule has 3 rings (SSSR count). The molecule has 0 saturated carbocycles. The van der Waals surface area contributed by atoms with E-state index in [0.29, 0.717) is 36.0 Å². The summed E-state index contributed by atoms with van der Waals surface area (Å²) >= 11 is 0. The van der Waals surface area contributed by atoms with E-state index in [0.717, 1.165) is 12.8 Å². The zero-order valence-corrected chi connectivity index (χ0v) is 15.7. The minimum atomic E-state index is -0.137. The Balaban J connectivity index is 1.69. The molecule has 1 unspecified atom stereocenters. The largest absolute Gasteiger partial charge is 0.493 e. The molecule has 0 N–H and O–H groups in total. The Morgan fingerprint density at radius 1 is 1.11 bits per heavy atom. The summed E-state index contributed by atoms with van der Waals surface area (Å²) in [6.45, 7) is 1.17. The van der Waals surface area contributed by atoms with Gasteiger partial charge in [-0.2, -0.15) is 4.98 Å². The van der Waals surface area contributed by atoms with Gasteiger partial charge in [0.2, 0.25) is 5.88 Å². The lowest BCUT2D eigenvalue weighted by Gasteiger charge is -2.32. The number of carbonyl (C=O) groups excluding carboxylic acids is 1. The Bertz CT molecular complexity index is 799. The predicted octanol–water partition coefficient (Wildman–Crippen LogP) is 2.19. The van der Waals surface area contributed by atoms with Crippen molar-refractivity contribution in [3.05, 3.63) is 36.0 Å². The second kappa shape index (κ2) is 8.57. The van der Waals surface area contributed by atoms with Gasteiger partial charge in [0.1, 0.15) is 6.10 Å². The van der Waals surface area contributed by atoms with Gasteiger partial charge in [0.05, 0.1) is 27.9 Å². The highest BCUT2D eigenvalue weighted by Crippen LogP contribution is 2.28. The summed E-state index contributed by atoms with van der Waals surface area (Å²) in [5, 5.41) is 0. The molecule has 0 aliphatic carbocycles. The Morgan fingerprint density at radius 3 is 2.67 bits per heavy atom. The van der Waals surface area contributed by atoms with Crippen molar-refractivity contribution in [1.29, 1.82) is 0 Å². The smallest absolute Gasteiger partial charge is 0.319 e. The third-order valence-corrected chi connectivity index (χ3v) is 4.37. The van der Waals surface area contributed by atoms with Crippen molar-refractivity contribution in [3.63, 3.8) is 0 Å². The molecule has 144 valence electrons. The molecule has 1 aromatic carbocycles. The first-order valence-corrected chi connectivity index (χ1v) is 8.69. The first kappa shape index (κ1) is 18.8. The van der Waals surface area contributed by atoms with Gasteiger partial charge in [-0.05, 0) is 31.0 Å². The standard InChI is InChI=1S/C19H23N3O5/c1-24-15-7-6-13(11-16(15)25-2)18(23)22-10-4-5-14(12-22)27-17-8-9-20-19(21-17)26-3/h6-9,11,14H,4-5,10,12H2,1-3H3. The third-order valence-electron chi connectivity index (χ3n) is 4.37. The summed E-state index contributed by atoms with van der Waals surface area (Å²) in [5.41, 5.74) is 0.553. The molecule has 0 bridgehead atoms. The molecule has 0 spiro atoms. The Kier molecular flexibility index (Phi) is 5.95. The van der Waals surface area contributed by atoms with Crippen LogP contribution in [-0.4, -0.2) is 61.3 Å². The minimum absolute atomic E-state index is 0.0653. The Labute approximate surface area is 158 Å². The first-order chi connectivity index (χ1) is 13.1. The maximum atomic E-state index is 12.9. The van der Waals surface area contributed by atoms with E-state index in [1.165, 1.54) is 7.11 Å². The topological polar surface area (TPSA) is 83.0 Å². The van der Waals surface area contributed by atoms with Crippen LogP contribution in [-0.2, 0) is 0 Å². The number of methoxy groups -OCH3 is 3. The van der Waals surface area contributed by atoms with Crippen LogP contribution in [0.2, 0.25) is 0 Å². The molecule has 1 saturated heterocycles. The van der Waals surface area contributed by atoms with Crippen molar-refractivity contribution in [2.45, 2.75) is 18.9 Å². The Morgan fingerprint density at radius 2 is 1.93 bits per heavy atom. The van der Waals surface area contributed by atoms with Crippen LogP contribution in [0.3, 0.4) is 0 Å². The van der Waals surface area contributed by atoms with Gasteiger partial charge in [0.15, 0.2) is 11.5 Å². The molecule has 8 heteroatoms. The number of ether oxygens (including phenoxy) is 4. The van der Waals surface area contributed by atoms with Crippen molar-refractivity contribution in [2.24, 2.45) is 0 Å². The highest BCUT2D eigenvalue weighted by molar-refractivity contribution is 5.95. The van der Waals surface area contributed by atoms with Gasteiger partial charge in [-0.1, -0.05) is 0 Å². The van der Waals surface area contributed by atoms with E-state index in [1.807, 2.05) is 0 Å². The minimum Gasteiger partial charge on any atom is -0.493 e. The zero-order valence-electron chi connectivity index (χ0n) is 15.7. The number of nitrogens with zero attached hydrogens (tertiary/aromatic N) is 3. The second-order valence-corrected chi connectivity index (χ2v) is 6.08. The molecule has 2 heterocycles. The summed E-state index contributed by atoms with van der Waals surface area (Å²) < 4.78 is 21.5. The summed E-state index contributed by atoms with van der Waals surface area (Å²) in [5.74, 6) is 1.49. The van der Waals surface area contributed by atoms with Gasteiger partial charge >= 0.3 is 6.01 Å². The molecule has 1 fully saturated rings. The van der Waals surface area contributed by atoms with E-state index in [1.54, 1.807) is 49.6 Å². The highest BCUT2D eigenvalue weighted by Gasteiger charge is 2.26. The van der Waals surface area contributed by atoms with Crippen LogP contribution >= 0.6 is 0 Å². The lowest BCUT2D eigenvalue weighted by Crippen LogP contribution is -2.44. The van der Waals surface area contributed by atoms with Gasteiger partial charge in [-0.3, -0.25) is 4.79 Å². The predicted molar refractivity (Wildman–Crippen MR) is 97.7 cm³/mol. The van der Waals surface area contributed by atoms with E-state index in [4.69, 9.17) is 18.9 Å². The lowest BCUT2D eigenvalue weighted by atomic mass is 10.1. The summed E-state index contributed by atoms with van der Waals surface area (Å²) in [6, 6.07) is 7.10. The van der Waals surface area contributed by atoms with Gasteiger partial charge < -0.3 is 23.8 Å². The third kappa shape index (κ3) is 4.39. The SMILES string of the molecule is COc1nccc(OC2CCCN(C(=O)c3ccc(OC)c(OC)c3)C2)n1. The number of piperidine rings is 1. The zero-order chi connectivity index (χ0) is 19.2. The van der Waals surface area contributed by atoms with Crippen molar-refractivity contribution in [3.8, 4) is 23.4 Å². The average molecular weight is 373 g/mol. The van der Waals surface area contributed by atoms with Crippen LogP contribution in [0, 0.1) is 0 Å². The highest BCUT2D eigenvalue weighted by atomic mass is 16.5. The van der Waals surface area contributed by atoms with Crippen LogP contribution in [0.1, 0.15) is 23.2 Å². The summed E-state index contributed by atoms with van der Waals surface area (Å²) in [6.07, 6.45) is 3.15. The fourth-order valence-electron chi connectivity index (χ4n) is 3.03. The average Bonchev–Trinajstić information content (AvgIpc) is 2.73. The normalized spacial score (nSPS) is 16.6. The fourth-order valence-corrected chi connectivity index (χ4v) is 3.03. The molecule has 8 nitrogen and oxygen atoms in total. The molecule has 1 amide bonds. The number of aromatic nitrogens is 2.